The maximum absolute atomic E-state index is 11.7. The van der Waals surface area contributed by atoms with Crippen molar-refractivity contribution in [1.82, 2.24) is 0 Å². The molecular weight excluding hydrogens is 266 g/mol. The van der Waals surface area contributed by atoms with Crippen LogP contribution in [-0.2, 0) is 14.4 Å². The lowest BCUT2D eigenvalue weighted by molar-refractivity contribution is -0.142. The second kappa shape index (κ2) is 8.53. The van der Waals surface area contributed by atoms with Crippen LogP contribution in [0.3, 0.4) is 0 Å². The van der Waals surface area contributed by atoms with Gasteiger partial charge in [-0.2, -0.15) is 0 Å². The van der Waals surface area contributed by atoms with Gasteiger partial charge in [0.15, 0.2) is 0 Å². The van der Waals surface area contributed by atoms with Crippen LogP contribution in [0, 0.1) is 6.07 Å². The van der Waals surface area contributed by atoms with E-state index < -0.39 is 0 Å². The average molecular weight is 283 g/mol. The lowest BCUT2D eigenvalue weighted by atomic mass is 10.1. The minimum atomic E-state index is -0.343. The molecule has 0 saturated heterocycles. The molecule has 1 radical (unpaired) electrons. The monoisotopic (exact) mass is 282 g/mol. The van der Waals surface area contributed by atoms with Crippen LogP contribution in [0.25, 0.3) is 0 Å². The van der Waals surface area contributed by atoms with Crippen LogP contribution in [0.1, 0.15) is 31.7 Å². The van der Waals surface area contributed by atoms with Gasteiger partial charge in [0, 0.05) is 10.6 Å². The summed E-state index contributed by atoms with van der Waals surface area (Å²) in [6.07, 6.45) is 1.85. The highest BCUT2D eigenvalue weighted by Crippen LogP contribution is 2.17. The van der Waals surface area contributed by atoms with Gasteiger partial charge >= 0.3 is 5.97 Å². The quantitative estimate of drug-likeness (QED) is 0.334. The molecule has 0 N–H and O–H groups in total. The number of halogens is 1. The second-order valence-corrected chi connectivity index (χ2v) is 4.28. The van der Waals surface area contributed by atoms with Gasteiger partial charge in [0.25, 0.3) is 0 Å². The first kappa shape index (κ1) is 15.5. The van der Waals surface area contributed by atoms with E-state index in [1.165, 1.54) is 7.11 Å². The van der Waals surface area contributed by atoms with E-state index in [1.807, 2.05) is 6.92 Å². The van der Waals surface area contributed by atoms with Crippen molar-refractivity contribution < 1.29 is 14.4 Å². The summed E-state index contributed by atoms with van der Waals surface area (Å²) in [4.78, 5) is 16.4. The summed E-state index contributed by atoms with van der Waals surface area (Å²) >= 11 is 6.06. The number of rotatable bonds is 7. The van der Waals surface area contributed by atoms with Gasteiger partial charge in [-0.25, -0.2) is 0 Å². The first-order valence-electron chi connectivity index (χ1n) is 6.10. The SMILES string of the molecule is CCCCOC(=O)CC(=NOC)c1c[c]ccc1Cl. The topological polar surface area (TPSA) is 47.9 Å². The number of carbonyl (C=O) groups is 1. The molecule has 1 aromatic rings. The Kier molecular flexibility index (Phi) is 6.97. The molecule has 0 bridgehead atoms. The molecule has 0 atom stereocenters. The van der Waals surface area contributed by atoms with Crippen molar-refractivity contribution in [3.05, 3.63) is 34.9 Å². The van der Waals surface area contributed by atoms with Crippen LogP contribution >= 0.6 is 11.6 Å². The third kappa shape index (κ3) is 5.30. The first-order chi connectivity index (χ1) is 9.19. The van der Waals surface area contributed by atoms with E-state index in [9.17, 15) is 4.79 Å². The zero-order valence-electron chi connectivity index (χ0n) is 11.1. The third-order valence-corrected chi connectivity index (χ3v) is 2.73. The highest BCUT2D eigenvalue weighted by atomic mass is 35.5. The normalized spacial score (nSPS) is 11.2. The standard InChI is InChI=1S/C14H17ClNO3/c1-3-4-9-19-14(17)10-13(16-18-2)11-7-5-6-8-12(11)15/h6-8H,3-4,9-10H2,1-2H3. The predicted molar refractivity (Wildman–Crippen MR) is 74.3 cm³/mol. The maximum atomic E-state index is 11.7. The molecule has 0 fully saturated rings. The molecule has 19 heavy (non-hydrogen) atoms. The minimum Gasteiger partial charge on any atom is -0.465 e. The smallest absolute Gasteiger partial charge is 0.312 e. The Balaban J connectivity index is 2.72. The molecule has 0 unspecified atom stereocenters. The summed E-state index contributed by atoms with van der Waals surface area (Å²) < 4.78 is 5.09. The van der Waals surface area contributed by atoms with Crippen molar-refractivity contribution in [3.63, 3.8) is 0 Å². The summed E-state index contributed by atoms with van der Waals surface area (Å²) in [6.45, 7) is 2.45. The number of carbonyl (C=O) groups excluding carboxylic acids is 1. The van der Waals surface area contributed by atoms with Crippen LogP contribution in [0.5, 0.6) is 0 Å². The number of hydrogen-bond acceptors (Lipinski definition) is 4. The van der Waals surface area contributed by atoms with E-state index in [0.29, 0.717) is 22.9 Å². The summed E-state index contributed by atoms with van der Waals surface area (Å²) in [7, 11) is 1.42. The number of ether oxygens (including phenoxy) is 1. The van der Waals surface area contributed by atoms with Crippen LogP contribution in [-0.4, -0.2) is 25.4 Å². The lowest BCUT2D eigenvalue weighted by Gasteiger charge is -2.08. The molecule has 0 amide bonds. The number of esters is 1. The molecule has 0 heterocycles. The second-order valence-electron chi connectivity index (χ2n) is 3.88. The van der Waals surface area contributed by atoms with E-state index >= 15 is 0 Å². The Morgan fingerprint density at radius 3 is 2.95 bits per heavy atom. The van der Waals surface area contributed by atoms with Gasteiger partial charge in [-0.15, -0.1) is 0 Å². The fraction of sp³-hybridized carbons (Fsp3) is 0.429. The van der Waals surface area contributed by atoms with E-state index in [4.69, 9.17) is 21.2 Å². The predicted octanol–water partition coefficient (Wildman–Crippen LogP) is 3.22. The van der Waals surface area contributed by atoms with E-state index in [0.717, 1.165) is 12.8 Å². The van der Waals surface area contributed by atoms with Crippen molar-refractivity contribution >= 4 is 23.3 Å². The molecule has 0 aliphatic carbocycles. The molecule has 0 aliphatic heterocycles. The van der Waals surface area contributed by atoms with Gasteiger partial charge in [0.2, 0.25) is 0 Å². The van der Waals surface area contributed by atoms with Crippen molar-refractivity contribution in [1.29, 1.82) is 0 Å². The Morgan fingerprint density at radius 1 is 1.53 bits per heavy atom. The van der Waals surface area contributed by atoms with Crippen molar-refractivity contribution in [3.8, 4) is 0 Å². The first-order valence-corrected chi connectivity index (χ1v) is 6.48. The van der Waals surface area contributed by atoms with Crippen LogP contribution in [0.2, 0.25) is 5.02 Å². The maximum Gasteiger partial charge on any atom is 0.312 e. The van der Waals surface area contributed by atoms with Crippen molar-refractivity contribution in [2.45, 2.75) is 26.2 Å². The zero-order chi connectivity index (χ0) is 14.1. The Bertz CT molecular complexity index is 446. The summed E-state index contributed by atoms with van der Waals surface area (Å²) in [5.41, 5.74) is 1.06. The molecule has 4 nitrogen and oxygen atoms in total. The number of unbranched alkanes of at least 4 members (excludes halogenated alkanes) is 1. The molecule has 0 spiro atoms. The molecule has 1 rings (SSSR count). The average Bonchev–Trinajstić information content (AvgIpc) is 2.39. The highest BCUT2D eigenvalue weighted by molar-refractivity contribution is 6.34. The van der Waals surface area contributed by atoms with E-state index in [2.05, 4.69) is 11.2 Å². The molecule has 1 aromatic carbocycles. The Hall–Kier alpha value is -1.55. The summed E-state index contributed by atoms with van der Waals surface area (Å²) in [5, 5.41) is 4.33. The van der Waals surface area contributed by atoms with Gasteiger partial charge in [-0.05, 0) is 24.6 Å². The van der Waals surface area contributed by atoms with E-state index in [-0.39, 0.29) is 12.4 Å². The molecule has 103 valence electrons. The third-order valence-electron chi connectivity index (χ3n) is 2.40. The zero-order valence-corrected chi connectivity index (χ0v) is 11.9. The number of oxime groups is 1. The van der Waals surface area contributed by atoms with Gasteiger partial charge in [-0.1, -0.05) is 36.2 Å². The van der Waals surface area contributed by atoms with Crippen LogP contribution in [0.15, 0.2) is 23.4 Å². The van der Waals surface area contributed by atoms with Crippen LogP contribution in [0.4, 0.5) is 0 Å². The summed E-state index contributed by atoms with van der Waals surface area (Å²) in [5.74, 6) is -0.343. The van der Waals surface area contributed by atoms with Crippen molar-refractivity contribution in [2.24, 2.45) is 5.16 Å². The van der Waals surface area contributed by atoms with Gasteiger partial charge in [0.1, 0.15) is 7.11 Å². The number of hydrogen-bond donors (Lipinski definition) is 0. The fourth-order valence-electron chi connectivity index (χ4n) is 1.44. The number of benzene rings is 1. The van der Waals surface area contributed by atoms with E-state index in [1.54, 1.807) is 18.2 Å². The van der Waals surface area contributed by atoms with Crippen molar-refractivity contribution in [2.75, 3.05) is 13.7 Å². The molecule has 5 heteroatoms. The minimum absolute atomic E-state index is 0.0229. The van der Waals surface area contributed by atoms with Gasteiger partial charge in [0.05, 0.1) is 18.7 Å². The summed E-state index contributed by atoms with van der Waals surface area (Å²) in [6, 6.07) is 7.93. The Morgan fingerprint density at radius 2 is 2.32 bits per heavy atom. The largest absolute Gasteiger partial charge is 0.465 e. The van der Waals surface area contributed by atoms with Crippen LogP contribution < -0.4 is 0 Å². The highest BCUT2D eigenvalue weighted by Gasteiger charge is 2.14. The number of nitrogens with zero attached hydrogens (tertiary/aromatic N) is 1. The molecule has 0 aromatic heterocycles. The molecule has 0 aliphatic rings. The molecular formula is C14H17ClNO3. The van der Waals surface area contributed by atoms with Gasteiger partial charge < -0.3 is 9.57 Å². The Labute approximate surface area is 118 Å². The van der Waals surface area contributed by atoms with Gasteiger partial charge in [-0.3, -0.25) is 4.79 Å². The molecule has 0 saturated carbocycles. The lowest BCUT2D eigenvalue weighted by Crippen LogP contribution is -2.14. The fourth-order valence-corrected chi connectivity index (χ4v) is 1.66.